The van der Waals surface area contributed by atoms with Gasteiger partial charge in [-0.25, -0.2) is 4.79 Å². The van der Waals surface area contributed by atoms with Crippen molar-refractivity contribution in [3.05, 3.63) is 47.7 Å². The molecule has 1 saturated heterocycles. The first-order valence-electron chi connectivity index (χ1n) is 9.68. The van der Waals surface area contributed by atoms with Gasteiger partial charge in [-0.1, -0.05) is 18.2 Å². The maximum atomic E-state index is 12.8. The van der Waals surface area contributed by atoms with Crippen molar-refractivity contribution in [2.75, 3.05) is 18.4 Å². The van der Waals surface area contributed by atoms with Crippen molar-refractivity contribution < 1.29 is 9.59 Å². The summed E-state index contributed by atoms with van der Waals surface area (Å²) in [5, 5.41) is 10.4. The van der Waals surface area contributed by atoms with Crippen molar-refractivity contribution in [2.45, 2.75) is 44.7 Å². The number of aromatic nitrogens is 2. The summed E-state index contributed by atoms with van der Waals surface area (Å²) in [6, 6.07) is 11.0. The van der Waals surface area contributed by atoms with Crippen LogP contribution in [0.1, 0.15) is 41.7 Å². The van der Waals surface area contributed by atoms with Gasteiger partial charge in [-0.05, 0) is 44.2 Å². The Balaban J connectivity index is 1.36. The van der Waals surface area contributed by atoms with E-state index >= 15 is 0 Å². The molecule has 0 saturated carbocycles. The number of hydrogen-bond donors (Lipinski definition) is 2. The highest BCUT2D eigenvalue weighted by atomic mass is 16.2. The van der Waals surface area contributed by atoms with Crippen molar-refractivity contribution in [3.63, 3.8) is 0 Å². The Bertz CT molecular complexity index is 796. The number of urea groups is 1. The zero-order chi connectivity index (χ0) is 18.6. The SMILES string of the molecule is O=C(NCC1CCCCN1C(=O)Nc1cc2n(n1)CCC2)c1ccccc1. The molecule has 2 aromatic rings. The summed E-state index contributed by atoms with van der Waals surface area (Å²) < 4.78 is 1.96. The van der Waals surface area contributed by atoms with E-state index < -0.39 is 0 Å². The number of rotatable bonds is 4. The number of aryl methyl sites for hydroxylation is 2. The van der Waals surface area contributed by atoms with E-state index in [-0.39, 0.29) is 18.0 Å². The predicted molar refractivity (Wildman–Crippen MR) is 103 cm³/mol. The fourth-order valence-electron chi connectivity index (χ4n) is 3.88. The zero-order valence-electron chi connectivity index (χ0n) is 15.4. The highest BCUT2D eigenvalue weighted by Crippen LogP contribution is 2.21. The molecule has 0 bridgehead atoms. The molecule has 7 heteroatoms. The molecule has 1 aromatic heterocycles. The maximum Gasteiger partial charge on any atom is 0.323 e. The molecule has 7 nitrogen and oxygen atoms in total. The molecule has 142 valence electrons. The van der Waals surface area contributed by atoms with E-state index in [2.05, 4.69) is 15.7 Å². The molecule has 2 aliphatic rings. The van der Waals surface area contributed by atoms with Crippen LogP contribution in [0.2, 0.25) is 0 Å². The Hall–Kier alpha value is -2.83. The fraction of sp³-hybridized carbons (Fsp3) is 0.450. The predicted octanol–water partition coefficient (Wildman–Crippen LogP) is 2.65. The number of nitrogens with one attached hydrogen (secondary N) is 2. The third-order valence-corrected chi connectivity index (χ3v) is 5.32. The van der Waals surface area contributed by atoms with Crippen LogP contribution in [0, 0.1) is 0 Å². The number of anilines is 1. The van der Waals surface area contributed by atoms with Crippen LogP contribution in [0.15, 0.2) is 36.4 Å². The Labute approximate surface area is 158 Å². The van der Waals surface area contributed by atoms with Gasteiger partial charge in [-0.3, -0.25) is 14.8 Å². The van der Waals surface area contributed by atoms with Gasteiger partial charge in [0.1, 0.15) is 0 Å². The second-order valence-electron chi connectivity index (χ2n) is 7.20. The molecule has 4 rings (SSSR count). The van der Waals surface area contributed by atoms with Crippen molar-refractivity contribution in [2.24, 2.45) is 0 Å². The number of fused-ring (bicyclic) bond motifs is 1. The van der Waals surface area contributed by atoms with Gasteiger partial charge < -0.3 is 10.2 Å². The summed E-state index contributed by atoms with van der Waals surface area (Å²) in [7, 11) is 0. The van der Waals surface area contributed by atoms with Gasteiger partial charge in [0.25, 0.3) is 5.91 Å². The van der Waals surface area contributed by atoms with Gasteiger partial charge in [-0.2, -0.15) is 5.10 Å². The molecule has 27 heavy (non-hydrogen) atoms. The molecule has 3 heterocycles. The highest BCUT2D eigenvalue weighted by Gasteiger charge is 2.28. The van der Waals surface area contributed by atoms with Gasteiger partial charge in [-0.15, -0.1) is 0 Å². The van der Waals surface area contributed by atoms with E-state index in [1.54, 1.807) is 12.1 Å². The van der Waals surface area contributed by atoms with E-state index in [1.807, 2.05) is 33.8 Å². The van der Waals surface area contributed by atoms with Crippen molar-refractivity contribution in [3.8, 4) is 0 Å². The summed E-state index contributed by atoms with van der Waals surface area (Å²) in [6.07, 6.45) is 5.07. The largest absolute Gasteiger partial charge is 0.350 e. The zero-order valence-corrected chi connectivity index (χ0v) is 15.4. The van der Waals surface area contributed by atoms with E-state index in [0.29, 0.717) is 24.5 Å². The lowest BCUT2D eigenvalue weighted by molar-refractivity contribution is 0.0929. The van der Waals surface area contributed by atoms with E-state index in [4.69, 9.17) is 0 Å². The van der Waals surface area contributed by atoms with E-state index in [9.17, 15) is 9.59 Å². The van der Waals surface area contributed by atoms with E-state index in [1.165, 1.54) is 5.69 Å². The number of hydrogen-bond acceptors (Lipinski definition) is 3. The molecule has 0 spiro atoms. The minimum Gasteiger partial charge on any atom is -0.350 e. The first-order chi connectivity index (χ1) is 13.2. The maximum absolute atomic E-state index is 12.8. The molecule has 3 amide bonds. The van der Waals surface area contributed by atoms with Gasteiger partial charge in [0, 0.05) is 37.0 Å². The number of piperidine rings is 1. The van der Waals surface area contributed by atoms with Gasteiger partial charge in [0.2, 0.25) is 0 Å². The fourth-order valence-corrected chi connectivity index (χ4v) is 3.88. The smallest absolute Gasteiger partial charge is 0.323 e. The first-order valence-corrected chi connectivity index (χ1v) is 9.68. The second kappa shape index (κ2) is 7.82. The molecule has 0 aliphatic carbocycles. The van der Waals surface area contributed by atoms with Crippen LogP contribution in [-0.2, 0) is 13.0 Å². The van der Waals surface area contributed by atoms with Crippen LogP contribution in [0.3, 0.4) is 0 Å². The number of nitrogens with zero attached hydrogens (tertiary/aromatic N) is 3. The third-order valence-electron chi connectivity index (χ3n) is 5.32. The van der Waals surface area contributed by atoms with E-state index in [0.717, 1.165) is 38.6 Å². The number of carbonyl (C=O) groups excluding carboxylic acids is 2. The molecule has 1 aromatic carbocycles. The molecule has 2 aliphatic heterocycles. The Morgan fingerprint density at radius 2 is 1.96 bits per heavy atom. The van der Waals surface area contributed by atoms with Gasteiger partial charge in [0.05, 0.1) is 6.04 Å². The van der Waals surface area contributed by atoms with Crippen LogP contribution in [-0.4, -0.2) is 45.8 Å². The normalized spacial score (nSPS) is 18.8. The standard InChI is InChI=1S/C20H25N5O2/c26-19(15-7-2-1-3-8-15)21-14-17-9-4-5-11-24(17)20(27)22-18-13-16-10-6-12-25(16)23-18/h1-3,7-8,13,17H,4-6,9-12,14H2,(H,21,26)(H,22,23,27). The monoisotopic (exact) mass is 367 g/mol. The summed E-state index contributed by atoms with van der Waals surface area (Å²) >= 11 is 0. The quantitative estimate of drug-likeness (QED) is 0.872. The second-order valence-corrected chi connectivity index (χ2v) is 7.20. The minimum atomic E-state index is -0.134. The van der Waals surface area contributed by atoms with Crippen LogP contribution < -0.4 is 10.6 Å². The van der Waals surface area contributed by atoms with Gasteiger partial charge in [0.15, 0.2) is 5.82 Å². The Morgan fingerprint density at radius 1 is 1.11 bits per heavy atom. The topological polar surface area (TPSA) is 79.3 Å². The summed E-state index contributed by atoms with van der Waals surface area (Å²) in [5.74, 6) is 0.513. The summed E-state index contributed by atoms with van der Waals surface area (Å²) in [6.45, 7) is 2.08. The lowest BCUT2D eigenvalue weighted by Gasteiger charge is -2.35. The Kier molecular flexibility index (Phi) is 5.09. The molecule has 1 unspecified atom stereocenters. The van der Waals surface area contributed by atoms with Crippen LogP contribution in [0.25, 0.3) is 0 Å². The lowest BCUT2D eigenvalue weighted by atomic mass is 10.0. The average Bonchev–Trinajstić information content (AvgIpc) is 3.28. The van der Waals surface area contributed by atoms with Crippen molar-refractivity contribution >= 4 is 17.8 Å². The molecule has 0 radical (unpaired) electrons. The van der Waals surface area contributed by atoms with Crippen LogP contribution >= 0.6 is 0 Å². The summed E-state index contributed by atoms with van der Waals surface area (Å²) in [5.41, 5.74) is 1.81. The molecule has 1 atom stereocenters. The number of carbonyl (C=O) groups is 2. The first kappa shape index (κ1) is 17.6. The molecular formula is C20H25N5O2. The van der Waals surface area contributed by atoms with Crippen LogP contribution in [0.5, 0.6) is 0 Å². The van der Waals surface area contributed by atoms with Crippen molar-refractivity contribution in [1.29, 1.82) is 0 Å². The Morgan fingerprint density at radius 3 is 2.78 bits per heavy atom. The number of amides is 3. The average molecular weight is 367 g/mol. The highest BCUT2D eigenvalue weighted by molar-refractivity contribution is 5.94. The number of benzene rings is 1. The molecule has 1 fully saturated rings. The number of likely N-dealkylation sites (tertiary alicyclic amines) is 1. The van der Waals surface area contributed by atoms with Gasteiger partial charge >= 0.3 is 6.03 Å². The van der Waals surface area contributed by atoms with Crippen LogP contribution in [0.4, 0.5) is 10.6 Å². The minimum absolute atomic E-state index is 0.000809. The molecular weight excluding hydrogens is 342 g/mol. The third kappa shape index (κ3) is 3.97. The summed E-state index contributed by atoms with van der Waals surface area (Å²) in [4.78, 5) is 26.9. The molecule has 2 N–H and O–H groups in total. The lowest BCUT2D eigenvalue weighted by Crippen LogP contribution is -2.50. The van der Waals surface area contributed by atoms with Crippen molar-refractivity contribution in [1.82, 2.24) is 20.0 Å².